The van der Waals surface area contributed by atoms with Crippen LogP contribution in [0.5, 0.6) is 0 Å². The van der Waals surface area contributed by atoms with E-state index in [2.05, 4.69) is 16.9 Å². The molecule has 0 spiro atoms. The molecule has 1 aromatic rings. The Labute approximate surface area is 78.6 Å². The largest absolute Gasteiger partial charge is 0.348 e. The van der Waals surface area contributed by atoms with Crippen LogP contribution < -0.4 is 0 Å². The van der Waals surface area contributed by atoms with Gasteiger partial charge in [0.2, 0.25) is 0 Å². The summed E-state index contributed by atoms with van der Waals surface area (Å²) in [5, 5.41) is 0. The lowest BCUT2D eigenvalue weighted by Crippen LogP contribution is -2.03. The van der Waals surface area contributed by atoms with Crippen molar-refractivity contribution in [2.75, 3.05) is 0 Å². The summed E-state index contributed by atoms with van der Waals surface area (Å²) in [6.45, 7) is 2.14. The number of aromatic amines is 1. The van der Waals surface area contributed by atoms with Gasteiger partial charge in [0, 0.05) is 18.8 Å². The molecule has 0 amide bonds. The van der Waals surface area contributed by atoms with Crippen LogP contribution in [0.25, 0.3) is 0 Å². The van der Waals surface area contributed by atoms with Crippen molar-refractivity contribution in [2.24, 2.45) is 0 Å². The van der Waals surface area contributed by atoms with E-state index in [1.165, 1.54) is 0 Å². The summed E-state index contributed by atoms with van der Waals surface area (Å²) in [6, 6.07) is 0. The fourth-order valence-electron chi connectivity index (χ4n) is 1.24. The van der Waals surface area contributed by atoms with E-state index >= 15 is 0 Å². The van der Waals surface area contributed by atoms with Crippen molar-refractivity contribution in [3.05, 3.63) is 18.2 Å². The molecule has 3 nitrogen and oxygen atoms in total. The molecule has 0 fully saturated rings. The summed E-state index contributed by atoms with van der Waals surface area (Å²) in [6.07, 6.45) is 7.88. The van der Waals surface area contributed by atoms with Crippen molar-refractivity contribution >= 4 is 5.78 Å². The Hall–Kier alpha value is -1.12. The molecule has 0 aliphatic heterocycles. The quantitative estimate of drug-likeness (QED) is 0.681. The van der Waals surface area contributed by atoms with E-state index < -0.39 is 0 Å². The smallest absolute Gasteiger partial charge is 0.140 e. The van der Waals surface area contributed by atoms with Crippen molar-refractivity contribution in [2.45, 2.75) is 39.0 Å². The van der Waals surface area contributed by atoms with E-state index in [0.717, 1.165) is 25.1 Å². The van der Waals surface area contributed by atoms with Gasteiger partial charge in [-0.25, -0.2) is 4.98 Å². The monoisotopic (exact) mass is 180 g/mol. The number of imidazole rings is 1. The van der Waals surface area contributed by atoms with E-state index in [4.69, 9.17) is 0 Å². The van der Waals surface area contributed by atoms with Crippen LogP contribution in [0.1, 0.15) is 38.4 Å². The zero-order chi connectivity index (χ0) is 9.52. The van der Waals surface area contributed by atoms with Gasteiger partial charge < -0.3 is 4.98 Å². The van der Waals surface area contributed by atoms with Gasteiger partial charge in [-0.1, -0.05) is 19.8 Å². The van der Waals surface area contributed by atoms with Gasteiger partial charge in [0.15, 0.2) is 0 Å². The predicted molar refractivity (Wildman–Crippen MR) is 51.4 cm³/mol. The molecule has 0 aliphatic carbocycles. The molecule has 0 saturated heterocycles. The molecular weight excluding hydrogens is 164 g/mol. The van der Waals surface area contributed by atoms with Crippen LogP contribution in [0.3, 0.4) is 0 Å². The van der Waals surface area contributed by atoms with Gasteiger partial charge in [-0.3, -0.25) is 4.79 Å². The number of aromatic nitrogens is 2. The maximum atomic E-state index is 11.3. The predicted octanol–water partition coefficient (Wildman–Crippen LogP) is 2.10. The van der Waals surface area contributed by atoms with Gasteiger partial charge in [0.05, 0.1) is 6.42 Å². The second-order valence-electron chi connectivity index (χ2n) is 3.21. The maximum absolute atomic E-state index is 11.3. The van der Waals surface area contributed by atoms with Crippen LogP contribution in [0.4, 0.5) is 0 Å². The standard InChI is InChI=1S/C10H16N2O/c1-2-3-4-5-9(13)8-10-11-6-7-12-10/h6-7H,2-5,8H2,1H3,(H,11,12). The summed E-state index contributed by atoms with van der Waals surface area (Å²) in [5.41, 5.74) is 0. The zero-order valence-corrected chi connectivity index (χ0v) is 8.05. The fraction of sp³-hybridized carbons (Fsp3) is 0.600. The lowest BCUT2D eigenvalue weighted by Gasteiger charge is -1.97. The van der Waals surface area contributed by atoms with Crippen LogP contribution >= 0.6 is 0 Å². The molecule has 0 radical (unpaired) electrons. The number of carbonyl (C=O) groups excluding carboxylic acids is 1. The molecule has 3 heteroatoms. The minimum absolute atomic E-state index is 0.281. The van der Waals surface area contributed by atoms with Crippen molar-refractivity contribution in [3.63, 3.8) is 0 Å². The topological polar surface area (TPSA) is 45.8 Å². The van der Waals surface area contributed by atoms with Gasteiger partial charge in [-0.15, -0.1) is 0 Å². The molecule has 13 heavy (non-hydrogen) atoms. The van der Waals surface area contributed by atoms with Gasteiger partial charge in [0.25, 0.3) is 0 Å². The molecule has 0 aliphatic rings. The van der Waals surface area contributed by atoms with Crippen molar-refractivity contribution in [1.82, 2.24) is 9.97 Å². The van der Waals surface area contributed by atoms with Gasteiger partial charge in [-0.05, 0) is 6.42 Å². The molecule has 0 saturated carbocycles. The number of ketones is 1. The molecular formula is C10H16N2O. The van der Waals surface area contributed by atoms with E-state index in [0.29, 0.717) is 12.8 Å². The molecule has 0 aromatic carbocycles. The van der Waals surface area contributed by atoms with Crippen LogP contribution in [0, 0.1) is 0 Å². The average molecular weight is 180 g/mol. The third-order valence-corrected chi connectivity index (χ3v) is 1.98. The van der Waals surface area contributed by atoms with E-state index in [1.807, 2.05) is 0 Å². The number of hydrogen-bond acceptors (Lipinski definition) is 2. The van der Waals surface area contributed by atoms with Gasteiger partial charge in [0.1, 0.15) is 11.6 Å². The normalized spacial score (nSPS) is 10.2. The SMILES string of the molecule is CCCCCC(=O)Cc1ncc[nH]1. The van der Waals surface area contributed by atoms with Crippen molar-refractivity contribution in [3.8, 4) is 0 Å². The molecule has 0 atom stereocenters. The molecule has 0 unspecified atom stereocenters. The highest BCUT2D eigenvalue weighted by Crippen LogP contribution is 2.02. The Balaban J connectivity index is 2.18. The number of nitrogens with zero attached hydrogens (tertiary/aromatic N) is 1. The van der Waals surface area contributed by atoms with Crippen LogP contribution in [0.15, 0.2) is 12.4 Å². The van der Waals surface area contributed by atoms with Crippen LogP contribution in [-0.2, 0) is 11.2 Å². The highest BCUT2D eigenvalue weighted by atomic mass is 16.1. The fourth-order valence-corrected chi connectivity index (χ4v) is 1.24. The lowest BCUT2D eigenvalue weighted by molar-refractivity contribution is -0.118. The zero-order valence-electron chi connectivity index (χ0n) is 8.05. The average Bonchev–Trinajstić information content (AvgIpc) is 2.57. The first-order chi connectivity index (χ1) is 6.33. The summed E-state index contributed by atoms with van der Waals surface area (Å²) in [4.78, 5) is 18.3. The van der Waals surface area contributed by atoms with E-state index in [1.54, 1.807) is 12.4 Å². The molecule has 1 rings (SSSR count). The second-order valence-corrected chi connectivity index (χ2v) is 3.21. The summed E-state index contributed by atoms with van der Waals surface area (Å²) in [7, 11) is 0. The third kappa shape index (κ3) is 3.87. The highest BCUT2D eigenvalue weighted by Gasteiger charge is 2.04. The van der Waals surface area contributed by atoms with E-state index in [9.17, 15) is 4.79 Å². The maximum Gasteiger partial charge on any atom is 0.140 e. The Morgan fingerprint density at radius 1 is 1.54 bits per heavy atom. The second kappa shape index (κ2) is 5.51. The number of nitrogens with one attached hydrogen (secondary N) is 1. The van der Waals surface area contributed by atoms with Crippen LogP contribution in [0.2, 0.25) is 0 Å². The molecule has 0 bridgehead atoms. The number of carbonyl (C=O) groups is 1. The lowest BCUT2D eigenvalue weighted by atomic mass is 10.1. The Bertz CT molecular complexity index is 241. The first-order valence-corrected chi connectivity index (χ1v) is 4.83. The first-order valence-electron chi connectivity index (χ1n) is 4.83. The number of H-pyrrole nitrogens is 1. The Morgan fingerprint density at radius 2 is 2.38 bits per heavy atom. The molecule has 72 valence electrons. The first kappa shape index (κ1) is 9.96. The van der Waals surface area contributed by atoms with Crippen molar-refractivity contribution < 1.29 is 4.79 Å². The Morgan fingerprint density at radius 3 is 3.00 bits per heavy atom. The summed E-state index contributed by atoms with van der Waals surface area (Å²) in [5.74, 6) is 1.06. The van der Waals surface area contributed by atoms with Gasteiger partial charge in [-0.2, -0.15) is 0 Å². The van der Waals surface area contributed by atoms with E-state index in [-0.39, 0.29) is 5.78 Å². The number of Topliss-reactive ketones (excluding diaryl/α,β-unsaturated/α-hetero) is 1. The Kier molecular flexibility index (Phi) is 4.23. The number of unbranched alkanes of at least 4 members (excludes halogenated alkanes) is 2. The number of rotatable bonds is 6. The molecule has 1 N–H and O–H groups in total. The molecule has 1 aromatic heterocycles. The minimum Gasteiger partial charge on any atom is -0.348 e. The molecule has 1 heterocycles. The summed E-state index contributed by atoms with van der Waals surface area (Å²) < 4.78 is 0. The van der Waals surface area contributed by atoms with Crippen LogP contribution in [-0.4, -0.2) is 15.8 Å². The third-order valence-electron chi connectivity index (χ3n) is 1.98. The minimum atomic E-state index is 0.281. The highest BCUT2D eigenvalue weighted by molar-refractivity contribution is 5.79. The summed E-state index contributed by atoms with van der Waals surface area (Å²) >= 11 is 0. The van der Waals surface area contributed by atoms with Crippen molar-refractivity contribution in [1.29, 1.82) is 0 Å². The number of hydrogen-bond donors (Lipinski definition) is 1. The van der Waals surface area contributed by atoms with Gasteiger partial charge >= 0.3 is 0 Å².